The van der Waals surface area contributed by atoms with Crippen LogP contribution < -0.4 is 0 Å². The number of aromatic nitrogens is 1. The molecule has 1 nitrogen and oxygen atoms in total. The number of hydrogen-bond acceptors (Lipinski definition) is 1. The summed E-state index contributed by atoms with van der Waals surface area (Å²) in [5, 5.41) is 0. The van der Waals surface area contributed by atoms with Crippen molar-refractivity contribution in [2.45, 2.75) is 51.4 Å². The van der Waals surface area contributed by atoms with Gasteiger partial charge in [-0.1, -0.05) is 51.1 Å². The molecule has 0 amide bonds. The minimum absolute atomic E-state index is 0.115. The van der Waals surface area contributed by atoms with Crippen LogP contribution in [-0.4, -0.2) is 4.98 Å². The summed E-state index contributed by atoms with van der Waals surface area (Å²) >= 11 is 0. The first kappa shape index (κ1) is 13.4. The average molecular weight is 265 g/mol. The SMILES string of the molecule is CC(C)(C)c1cccc(C2CCCc3ccccc32)n1. The third-order valence-electron chi connectivity index (χ3n) is 4.27. The van der Waals surface area contributed by atoms with E-state index in [2.05, 4.69) is 63.2 Å². The molecule has 2 aromatic rings. The monoisotopic (exact) mass is 265 g/mol. The minimum Gasteiger partial charge on any atom is -0.257 e. The van der Waals surface area contributed by atoms with E-state index in [1.807, 2.05) is 0 Å². The molecule has 0 saturated carbocycles. The number of nitrogens with zero attached hydrogens (tertiary/aromatic N) is 1. The third kappa shape index (κ3) is 2.49. The fraction of sp³-hybridized carbons (Fsp3) is 0.421. The number of aryl methyl sites for hydroxylation is 1. The molecule has 0 spiro atoms. The Kier molecular flexibility index (Phi) is 3.37. The maximum Gasteiger partial charge on any atom is 0.0482 e. The molecule has 0 radical (unpaired) electrons. The highest BCUT2D eigenvalue weighted by Gasteiger charge is 2.24. The van der Waals surface area contributed by atoms with Gasteiger partial charge >= 0.3 is 0 Å². The van der Waals surface area contributed by atoms with Gasteiger partial charge in [-0.2, -0.15) is 0 Å². The van der Waals surface area contributed by atoms with Crippen LogP contribution in [0.25, 0.3) is 0 Å². The largest absolute Gasteiger partial charge is 0.257 e. The van der Waals surface area contributed by atoms with Crippen molar-refractivity contribution in [1.82, 2.24) is 4.98 Å². The van der Waals surface area contributed by atoms with Crippen molar-refractivity contribution in [3.8, 4) is 0 Å². The Balaban J connectivity index is 2.03. The van der Waals surface area contributed by atoms with E-state index < -0.39 is 0 Å². The van der Waals surface area contributed by atoms with Gasteiger partial charge < -0.3 is 0 Å². The average Bonchev–Trinajstić information content (AvgIpc) is 2.46. The van der Waals surface area contributed by atoms with Gasteiger partial charge in [-0.15, -0.1) is 0 Å². The maximum atomic E-state index is 4.97. The molecule has 0 fully saturated rings. The number of hydrogen-bond donors (Lipinski definition) is 0. The van der Waals surface area contributed by atoms with E-state index in [0.29, 0.717) is 5.92 Å². The lowest BCUT2D eigenvalue weighted by Gasteiger charge is -2.26. The van der Waals surface area contributed by atoms with E-state index >= 15 is 0 Å². The summed E-state index contributed by atoms with van der Waals surface area (Å²) in [5.41, 5.74) is 5.54. The van der Waals surface area contributed by atoms with Crippen molar-refractivity contribution in [1.29, 1.82) is 0 Å². The fourth-order valence-corrected chi connectivity index (χ4v) is 3.12. The second kappa shape index (κ2) is 5.05. The smallest absolute Gasteiger partial charge is 0.0482 e. The zero-order valence-electron chi connectivity index (χ0n) is 12.7. The zero-order chi connectivity index (χ0) is 14.2. The Morgan fingerprint density at radius 2 is 1.80 bits per heavy atom. The molecule has 104 valence electrons. The standard InChI is InChI=1S/C19H23N/c1-19(2,3)18-13-7-12-17(20-18)16-11-6-9-14-8-4-5-10-15(14)16/h4-5,7-8,10,12-13,16H,6,9,11H2,1-3H3. The van der Waals surface area contributed by atoms with Crippen LogP contribution in [0.3, 0.4) is 0 Å². The van der Waals surface area contributed by atoms with Crippen molar-refractivity contribution in [2.24, 2.45) is 0 Å². The zero-order valence-corrected chi connectivity index (χ0v) is 12.7. The van der Waals surface area contributed by atoms with Crippen LogP contribution >= 0.6 is 0 Å². The third-order valence-corrected chi connectivity index (χ3v) is 4.27. The quantitative estimate of drug-likeness (QED) is 0.718. The van der Waals surface area contributed by atoms with Crippen LogP contribution in [0.1, 0.15) is 62.0 Å². The van der Waals surface area contributed by atoms with Gasteiger partial charge in [0.25, 0.3) is 0 Å². The molecule has 20 heavy (non-hydrogen) atoms. The van der Waals surface area contributed by atoms with Crippen molar-refractivity contribution < 1.29 is 0 Å². The van der Waals surface area contributed by atoms with Crippen LogP contribution in [0.15, 0.2) is 42.5 Å². The molecule has 1 atom stereocenters. The lowest BCUT2D eigenvalue weighted by atomic mass is 9.80. The molecule has 1 unspecified atom stereocenters. The van der Waals surface area contributed by atoms with E-state index in [1.165, 1.54) is 41.8 Å². The highest BCUT2D eigenvalue weighted by atomic mass is 14.7. The van der Waals surface area contributed by atoms with Crippen molar-refractivity contribution in [2.75, 3.05) is 0 Å². The normalized spacial score (nSPS) is 18.6. The van der Waals surface area contributed by atoms with Gasteiger partial charge in [0, 0.05) is 22.7 Å². The molecule has 0 bridgehead atoms. The molecule has 1 aromatic carbocycles. The molecular formula is C19H23N. The van der Waals surface area contributed by atoms with Crippen LogP contribution in [0, 0.1) is 0 Å². The van der Waals surface area contributed by atoms with Gasteiger partial charge in [0.1, 0.15) is 0 Å². The minimum atomic E-state index is 0.115. The molecule has 1 aliphatic carbocycles. The van der Waals surface area contributed by atoms with Gasteiger partial charge in [-0.05, 0) is 42.5 Å². The van der Waals surface area contributed by atoms with Crippen LogP contribution in [-0.2, 0) is 11.8 Å². The van der Waals surface area contributed by atoms with Gasteiger partial charge in [-0.3, -0.25) is 4.98 Å². The summed E-state index contributed by atoms with van der Waals surface area (Å²) < 4.78 is 0. The summed E-state index contributed by atoms with van der Waals surface area (Å²) in [7, 11) is 0. The van der Waals surface area contributed by atoms with Gasteiger partial charge in [0.05, 0.1) is 0 Å². The molecule has 3 rings (SSSR count). The number of rotatable bonds is 1. The Morgan fingerprint density at radius 3 is 2.60 bits per heavy atom. The summed E-state index contributed by atoms with van der Waals surface area (Å²) in [6, 6.07) is 15.4. The van der Waals surface area contributed by atoms with Gasteiger partial charge in [0.2, 0.25) is 0 Å². The van der Waals surface area contributed by atoms with Crippen molar-refractivity contribution in [3.63, 3.8) is 0 Å². The predicted octanol–water partition coefficient (Wildman–Crippen LogP) is 4.85. The highest BCUT2D eigenvalue weighted by molar-refractivity contribution is 5.38. The van der Waals surface area contributed by atoms with Crippen LogP contribution in [0.4, 0.5) is 0 Å². The van der Waals surface area contributed by atoms with Crippen molar-refractivity contribution in [3.05, 3.63) is 65.0 Å². The second-order valence-corrected chi connectivity index (χ2v) is 6.84. The molecule has 0 saturated heterocycles. The summed E-state index contributed by atoms with van der Waals surface area (Å²) in [6.45, 7) is 6.69. The van der Waals surface area contributed by atoms with Crippen molar-refractivity contribution >= 4 is 0 Å². The topological polar surface area (TPSA) is 12.9 Å². The van der Waals surface area contributed by atoms with E-state index in [4.69, 9.17) is 4.98 Å². The Hall–Kier alpha value is -1.63. The first-order valence-corrected chi connectivity index (χ1v) is 7.61. The number of fused-ring (bicyclic) bond motifs is 1. The first-order valence-electron chi connectivity index (χ1n) is 7.61. The van der Waals surface area contributed by atoms with E-state index in [9.17, 15) is 0 Å². The highest BCUT2D eigenvalue weighted by Crippen LogP contribution is 2.36. The molecule has 1 aliphatic rings. The van der Waals surface area contributed by atoms with Crippen LogP contribution in [0.5, 0.6) is 0 Å². The van der Waals surface area contributed by atoms with E-state index in [1.54, 1.807) is 0 Å². The number of pyridine rings is 1. The van der Waals surface area contributed by atoms with E-state index in [-0.39, 0.29) is 5.41 Å². The lowest BCUT2D eigenvalue weighted by Crippen LogP contribution is -2.17. The molecule has 0 aliphatic heterocycles. The summed E-state index contributed by atoms with van der Waals surface area (Å²) in [4.78, 5) is 4.97. The number of benzene rings is 1. The molecule has 0 N–H and O–H groups in total. The maximum absolute atomic E-state index is 4.97. The second-order valence-electron chi connectivity index (χ2n) is 6.84. The van der Waals surface area contributed by atoms with E-state index in [0.717, 1.165) is 0 Å². The lowest BCUT2D eigenvalue weighted by molar-refractivity contribution is 0.552. The van der Waals surface area contributed by atoms with Gasteiger partial charge in [-0.25, -0.2) is 0 Å². The fourth-order valence-electron chi connectivity index (χ4n) is 3.12. The molecule has 1 aromatic heterocycles. The Bertz CT molecular complexity index is 607. The van der Waals surface area contributed by atoms with Crippen LogP contribution in [0.2, 0.25) is 0 Å². The summed E-state index contributed by atoms with van der Waals surface area (Å²) in [5.74, 6) is 0.474. The van der Waals surface area contributed by atoms with Gasteiger partial charge in [0.15, 0.2) is 0 Å². The molecule has 1 heterocycles. The summed E-state index contributed by atoms with van der Waals surface area (Å²) in [6.07, 6.45) is 3.70. The Morgan fingerprint density at radius 1 is 1.00 bits per heavy atom. The molecule has 1 heteroatoms. The first-order chi connectivity index (χ1) is 9.55. The Labute approximate surface area is 122 Å². The predicted molar refractivity (Wildman–Crippen MR) is 84.2 cm³/mol. The molecular weight excluding hydrogens is 242 g/mol.